The van der Waals surface area contributed by atoms with Crippen molar-refractivity contribution in [2.75, 3.05) is 6.61 Å². The zero-order chi connectivity index (χ0) is 17.9. The van der Waals surface area contributed by atoms with Crippen LogP contribution in [0.15, 0.2) is 91.2 Å². The van der Waals surface area contributed by atoms with Crippen molar-refractivity contribution in [3.8, 4) is 22.6 Å². The second-order valence-corrected chi connectivity index (χ2v) is 6.06. The van der Waals surface area contributed by atoms with Crippen LogP contribution in [0.3, 0.4) is 0 Å². The Labute approximate surface area is 152 Å². The van der Waals surface area contributed by atoms with Crippen molar-refractivity contribution in [3.05, 3.63) is 91.2 Å². The number of hydrogen-bond acceptors (Lipinski definition) is 2. The number of aromatic hydroxyl groups is 1. The van der Waals surface area contributed by atoms with E-state index in [0.717, 1.165) is 38.4 Å². The molecule has 4 rings (SSSR count). The van der Waals surface area contributed by atoms with Crippen molar-refractivity contribution < 1.29 is 9.84 Å². The third-order valence-electron chi connectivity index (χ3n) is 4.51. The Balaban J connectivity index is 2.08. The lowest BCUT2D eigenvalue weighted by atomic mass is 9.92. The fourth-order valence-corrected chi connectivity index (χ4v) is 3.34. The minimum atomic E-state index is 0.240. The molecule has 0 radical (unpaired) electrons. The molecule has 126 valence electrons. The summed E-state index contributed by atoms with van der Waals surface area (Å²) in [5.41, 5.74) is 4.41. The van der Waals surface area contributed by atoms with Gasteiger partial charge in [-0.2, -0.15) is 0 Å². The van der Waals surface area contributed by atoms with E-state index < -0.39 is 0 Å². The molecule has 0 fully saturated rings. The number of rotatable bonds is 4. The zero-order valence-electron chi connectivity index (χ0n) is 14.3. The van der Waals surface area contributed by atoms with Gasteiger partial charge in [-0.05, 0) is 39.8 Å². The zero-order valence-corrected chi connectivity index (χ0v) is 14.3. The Bertz CT molecular complexity index is 1150. The summed E-state index contributed by atoms with van der Waals surface area (Å²) in [6.45, 7) is 3.95. The topological polar surface area (TPSA) is 29.5 Å². The summed E-state index contributed by atoms with van der Waals surface area (Å²) in [4.78, 5) is 0. The van der Waals surface area contributed by atoms with Crippen molar-refractivity contribution in [1.82, 2.24) is 0 Å². The van der Waals surface area contributed by atoms with Crippen LogP contribution >= 0.6 is 0 Å². The van der Waals surface area contributed by atoms with Crippen LogP contribution in [0.4, 0.5) is 0 Å². The van der Waals surface area contributed by atoms with Crippen molar-refractivity contribution >= 4 is 21.5 Å². The molecule has 0 aliphatic heterocycles. The van der Waals surface area contributed by atoms with Crippen LogP contribution in [-0.2, 0) is 0 Å². The predicted molar refractivity (Wildman–Crippen MR) is 108 cm³/mol. The molecule has 0 bridgehead atoms. The SMILES string of the molecule is C=C=CCOc1ccc2ccccc2c1-c1c(O)ccc2ccccc12. The van der Waals surface area contributed by atoms with Crippen LogP contribution in [0.2, 0.25) is 0 Å². The molecular weight excluding hydrogens is 320 g/mol. The third-order valence-corrected chi connectivity index (χ3v) is 4.51. The number of ether oxygens (including phenoxy) is 1. The van der Waals surface area contributed by atoms with E-state index in [4.69, 9.17) is 4.74 Å². The van der Waals surface area contributed by atoms with Gasteiger partial charge in [0, 0.05) is 11.1 Å². The summed E-state index contributed by atoms with van der Waals surface area (Å²) in [5.74, 6) is 0.964. The van der Waals surface area contributed by atoms with Crippen LogP contribution in [0.5, 0.6) is 11.5 Å². The maximum absolute atomic E-state index is 10.7. The highest BCUT2D eigenvalue weighted by Crippen LogP contribution is 2.44. The molecule has 0 heterocycles. The minimum Gasteiger partial charge on any atom is -0.507 e. The van der Waals surface area contributed by atoms with E-state index in [1.54, 1.807) is 12.1 Å². The largest absolute Gasteiger partial charge is 0.507 e. The second kappa shape index (κ2) is 6.79. The standard InChI is InChI=1S/C24H18O2/c1-2-3-16-26-22-15-13-18-9-5-7-11-20(18)24(22)23-19-10-6-4-8-17(19)12-14-21(23)25/h3-15,25H,1,16H2. The number of phenolic OH excluding ortho intramolecular Hbond substituents is 1. The molecule has 2 nitrogen and oxygen atoms in total. The molecule has 0 unspecified atom stereocenters. The summed E-state index contributed by atoms with van der Waals surface area (Å²) < 4.78 is 5.97. The Morgan fingerprint density at radius 3 is 2.12 bits per heavy atom. The van der Waals surface area contributed by atoms with Gasteiger partial charge in [-0.1, -0.05) is 67.2 Å². The summed E-state index contributed by atoms with van der Waals surface area (Å²) >= 11 is 0. The maximum atomic E-state index is 10.7. The van der Waals surface area contributed by atoms with Gasteiger partial charge in [0.05, 0.1) is 0 Å². The fourth-order valence-electron chi connectivity index (χ4n) is 3.34. The number of phenols is 1. The molecule has 4 aromatic carbocycles. The van der Waals surface area contributed by atoms with Crippen molar-refractivity contribution in [2.24, 2.45) is 0 Å². The molecule has 0 amide bonds. The molecular formula is C24H18O2. The van der Waals surface area contributed by atoms with Gasteiger partial charge in [0.15, 0.2) is 0 Å². The lowest BCUT2D eigenvalue weighted by Crippen LogP contribution is -1.97. The average molecular weight is 338 g/mol. The number of fused-ring (bicyclic) bond motifs is 2. The number of benzene rings is 4. The quantitative estimate of drug-likeness (QED) is 0.457. The Morgan fingerprint density at radius 2 is 1.42 bits per heavy atom. The molecule has 0 saturated carbocycles. The molecule has 26 heavy (non-hydrogen) atoms. The highest BCUT2D eigenvalue weighted by Gasteiger charge is 2.17. The van der Waals surface area contributed by atoms with Crippen LogP contribution in [0.1, 0.15) is 0 Å². The van der Waals surface area contributed by atoms with Gasteiger partial charge in [0.1, 0.15) is 18.1 Å². The molecule has 4 aromatic rings. The summed E-state index contributed by atoms with van der Waals surface area (Å²) in [7, 11) is 0. The number of hydrogen-bond donors (Lipinski definition) is 1. The molecule has 0 aliphatic rings. The van der Waals surface area contributed by atoms with E-state index in [1.807, 2.05) is 54.6 Å². The van der Waals surface area contributed by atoms with Crippen molar-refractivity contribution in [3.63, 3.8) is 0 Å². The van der Waals surface area contributed by atoms with E-state index in [-0.39, 0.29) is 5.75 Å². The van der Waals surface area contributed by atoms with Crippen LogP contribution in [0.25, 0.3) is 32.7 Å². The highest BCUT2D eigenvalue weighted by molar-refractivity contribution is 6.09. The molecule has 0 saturated heterocycles. The second-order valence-electron chi connectivity index (χ2n) is 6.06. The van der Waals surface area contributed by atoms with Gasteiger partial charge in [-0.3, -0.25) is 0 Å². The van der Waals surface area contributed by atoms with Crippen LogP contribution in [-0.4, -0.2) is 11.7 Å². The first-order valence-electron chi connectivity index (χ1n) is 8.49. The van der Waals surface area contributed by atoms with Gasteiger partial charge in [-0.25, -0.2) is 0 Å². The predicted octanol–water partition coefficient (Wildman–Crippen LogP) is 6.09. The van der Waals surface area contributed by atoms with Crippen LogP contribution < -0.4 is 4.74 Å². The van der Waals surface area contributed by atoms with Crippen LogP contribution in [0, 0.1) is 0 Å². The molecule has 0 spiro atoms. The lowest BCUT2D eigenvalue weighted by Gasteiger charge is -2.17. The van der Waals surface area contributed by atoms with E-state index in [9.17, 15) is 5.11 Å². The highest BCUT2D eigenvalue weighted by atomic mass is 16.5. The molecule has 2 heteroatoms. The van der Waals surface area contributed by atoms with E-state index in [1.165, 1.54) is 0 Å². The first-order valence-corrected chi connectivity index (χ1v) is 8.49. The molecule has 1 N–H and O–H groups in total. The summed E-state index contributed by atoms with van der Waals surface area (Å²) in [5, 5.41) is 14.9. The van der Waals surface area contributed by atoms with E-state index in [0.29, 0.717) is 6.61 Å². The maximum Gasteiger partial charge on any atom is 0.128 e. The Morgan fingerprint density at radius 1 is 0.808 bits per heavy atom. The van der Waals surface area contributed by atoms with Crippen molar-refractivity contribution in [2.45, 2.75) is 0 Å². The summed E-state index contributed by atoms with van der Waals surface area (Å²) in [6, 6.07) is 23.9. The van der Waals surface area contributed by atoms with Crippen molar-refractivity contribution in [1.29, 1.82) is 0 Å². The van der Waals surface area contributed by atoms with E-state index >= 15 is 0 Å². The monoisotopic (exact) mass is 338 g/mol. The fraction of sp³-hybridized carbons (Fsp3) is 0.0417. The van der Waals surface area contributed by atoms with Gasteiger partial charge in [-0.15, -0.1) is 5.73 Å². The molecule has 0 aromatic heterocycles. The third kappa shape index (κ3) is 2.73. The van der Waals surface area contributed by atoms with E-state index in [2.05, 4.69) is 24.4 Å². The summed E-state index contributed by atoms with van der Waals surface area (Å²) in [6.07, 6.45) is 1.74. The minimum absolute atomic E-state index is 0.240. The van der Waals surface area contributed by atoms with Gasteiger partial charge >= 0.3 is 0 Å². The molecule has 0 atom stereocenters. The first kappa shape index (κ1) is 16.0. The Kier molecular flexibility index (Phi) is 4.18. The lowest BCUT2D eigenvalue weighted by molar-refractivity contribution is 0.365. The first-order chi connectivity index (χ1) is 12.8. The Hall–Kier alpha value is -3.48. The average Bonchev–Trinajstić information content (AvgIpc) is 2.68. The normalized spacial score (nSPS) is 10.6. The smallest absolute Gasteiger partial charge is 0.128 e. The molecule has 0 aliphatic carbocycles. The van der Waals surface area contributed by atoms with Gasteiger partial charge in [0.2, 0.25) is 0 Å². The van der Waals surface area contributed by atoms with Gasteiger partial charge in [0.25, 0.3) is 0 Å². The van der Waals surface area contributed by atoms with Gasteiger partial charge < -0.3 is 9.84 Å².